The van der Waals surface area contributed by atoms with Crippen LogP contribution in [-0.2, 0) is 0 Å². The maximum atomic E-state index is 6.44. The highest BCUT2D eigenvalue weighted by Gasteiger charge is 2.43. The highest BCUT2D eigenvalue weighted by Crippen LogP contribution is 2.47. The summed E-state index contributed by atoms with van der Waals surface area (Å²) in [6.45, 7) is 4.41. The molecule has 1 aromatic carbocycles. The molecule has 1 aliphatic heterocycles. The van der Waals surface area contributed by atoms with Crippen molar-refractivity contribution in [3.05, 3.63) is 29.3 Å². The molecule has 1 aliphatic carbocycles. The van der Waals surface area contributed by atoms with Crippen LogP contribution in [0.3, 0.4) is 0 Å². The van der Waals surface area contributed by atoms with Crippen LogP contribution < -0.4 is 10.5 Å². The molecule has 1 saturated carbocycles. The lowest BCUT2D eigenvalue weighted by atomic mass is 9.72. The molecule has 0 amide bonds. The topological polar surface area (TPSA) is 35.2 Å². The molecule has 1 spiro atoms. The lowest BCUT2D eigenvalue weighted by molar-refractivity contribution is -0.0175. The molecule has 1 aromatic rings. The van der Waals surface area contributed by atoms with Gasteiger partial charge in [0.2, 0.25) is 0 Å². The van der Waals surface area contributed by atoms with E-state index in [1.807, 2.05) is 0 Å². The van der Waals surface area contributed by atoms with Crippen molar-refractivity contribution in [2.75, 3.05) is 0 Å². The molecule has 2 aliphatic rings. The summed E-state index contributed by atoms with van der Waals surface area (Å²) in [6.07, 6.45) is 7.25. The van der Waals surface area contributed by atoms with Crippen LogP contribution in [0.5, 0.6) is 5.75 Å². The van der Waals surface area contributed by atoms with Gasteiger partial charge in [0.15, 0.2) is 0 Å². The smallest absolute Gasteiger partial charge is 0.124 e. The van der Waals surface area contributed by atoms with Crippen molar-refractivity contribution in [1.82, 2.24) is 0 Å². The minimum Gasteiger partial charge on any atom is -0.487 e. The molecule has 2 heteroatoms. The first-order valence-corrected chi connectivity index (χ1v) is 7.67. The fourth-order valence-electron chi connectivity index (χ4n) is 3.91. The number of nitrogens with two attached hydrogens (primary N) is 1. The van der Waals surface area contributed by atoms with Crippen molar-refractivity contribution in [2.24, 2.45) is 11.7 Å². The predicted molar refractivity (Wildman–Crippen MR) is 78.3 cm³/mol. The van der Waals surface area contributed by atoms with E-state index < -0.39 is 0 Å². The molecule has 1 heterocycles. The fraction of sp³-hybridized carbons (Fsp3) is 0.647. The first-order chi connectivity index (χ1) is 9.12. The van der Waals surface area contributed by atoms with E-state index in [-0.39, 0.29) is 11.6 Å². The van der Waals surface area contributed by atoms with Crippen molar-refractivity contribution in [3.8, 4) is 5.75 Å². The van der Waals surface area contributed by atoms with Crippen LogP contribution in [0.25, 0.3) is 0 Å². The van der Waals surface area contributed by atoms with Crippen molar-refractivity contribution >= 4 is 0 Å². The number of hydrogen-bond donors (Lipinski definition) is 1. The van der Waals surface area contributed by atoms with Crippen molar-refractivity contribution in [2.45, 2.75) is 64.0 Å². The van der Waals surface area contributed by atoms with E-state index in [1.54, 1.807) is 0 Å². The Hall–Kier alpha value is -1.02. The fourth-order valence-corrected chi connectivity index (χ4v) is 3.91. The summed E-state index contributed by atoms with van der Waals surface area (Å²) in [5, 5.41) is 0. The van der Waals surface area contributed by atoms with Gasteiger partial charge >= 0.3 is 0 Å². The third-order valence-electron chi connectivity index (χ3n) is 4.97. The van der Waals surface area contributed by atoms with Crippen LogP contribution in [-0.4, -0.2) is 5.60 Å². The summed E-state index contributed by atoms with van der Waals surface area (Å²) in [4.78, 5) is 0. The second-order valence-corrected chi connectivity index (χ2v) is 6.51. The van der Waals surface area contributed by atoms with Crippen LogP contribution >= 0.6 is 0 Å². The van der Waals surface area contributed by atoms with E-state index in [0.717, 1.165) is 18.1 Å². The average Bonchev–Trinajstić information content (AvgIpc) is 2.40. The first kappa shape index (κ1) is 13.0. The van der Waals surface area contributed by atoms with Gasteiger partial charge in [0, 0.05) is 18.0 Å². The Kier molecular flexibility index (Phi) is 3.30. The summed E-state index contributed by atoms with van der Waals surface area (Å²) in [5.41, 5.74) is 8.91. The minimum atomic E-state index is 0.0145. The SMILES string of the molecule is CCC1CCCC2(C1)C[C@@H](N)c1cc(C)ccc1O2. The third kappa shape index (κ3) is 2.38. The molecule has 0 saturated heterocycles. The van der Waals surface area contributed by atoms with Crippen molar-refractivity contribution < 1.29 is 4.74 Å². The van der Waals surface area contributed by atoms with Gasteiger partial charge in [0.25, 0.3) is 0 Å². The van der Waals surface area contributed by atoms with Gasteiger partial charge in [-0.25, -0.2) is 0 Å². The highest BCUT2D eigenvalue weighted by atomic mass is 16.5. The molecule has 2 unspecified atom stereocenters. The van der Waals surface area contributed by atoms with E-state index >= 15 is 0 Å². The molecule has 2 nitrogen and oxygen atoms in total. The Balaban J connectivity index is 1.89. The van der Waals surface area contributed by atoms with Crippen molar-refractivity contribution in [3.63, 3.8) is 0 Å². The molecular formula is C17H25NO. The summed E-state index contributed by atoms with van der Waals surface area (Å²) in [5.74, 6) is 1.84. The highest BCUT2D eigenvalue weighted by molar-refractivity contribution is 5.41. The average molecular weight is 259 g/mol. The molecule has 3 rings (SSSR count). The van der Waals surface area contributed by atoms with Gasteiger partial charge in [0.05, 0.1) is 0 Å². The molecular weight excluding hydrogens is 234 g/mol. The lowest BCUT2D eigenvalue weighted by Gasteiger charge is -2.46. The summed E-state index contributed by atoms with van der Waals surface area (Å²) in [6, 6.07) is 6.57. The molecule has 0 radical (unpaired) electrons. The quantitative estimate of drug-likeness (QED) is 0.823. The van der Waals surface area contributed by atoms with E-state index in [0.29, 0.717) is 0 Å². The molecule has 19 heavy (non-hydrogen) atoms. The van der Waals surface area contributed by atoms with Crippen LogP contribution in [0.2, 0.25) is 0 Å². The second kappa shape index (κ2) is 4.82. The van der Waals surface area contributed by atoms with Gasteiger partial charge in [0.1, 0.15) is 11.4 Å². The molecule has 3 atom stereocenters. The Bertz CT molecular complexity index is 470. The normalized spacial score (nSPS) is 33.8. The summed E-state index contributed by atoms with van der Waals surface area (Å²) < 4.78 is 6.44. The largest absolute Gasteiger partial charge is 0.487 e. The van der Waals surface area contributed by atoms with E-state index in [9.17, 15) is 0 Å². The second-order valence-electron chi connectivity index (χ2n) is 6.51. The maximum Gasteiger partial charge on any atom is 0.124 e. The Morgan fingerprint density at radius 1 is 1.37 bits per heavy atom. The number of fused-ring (bicyclic) bond motifs is 1. The van der Waals surface area contributed by atoms with Crippen molar-refractivity contribution in [1.29, 1.82) is 0 Å². The number of benzene rings is 1. The number of aryl methyl sites for hydroxylation is 1. The van der Waals surface area contributed by atoms with Gasteiger partial charge in [-0.2, -0.15) is 0 Å². The Labute approximate surface area is 116 Å². The zero-order valence-electron chi connectivity index (χ0n) is 12.1. The standard InChI is InChI=1S/C17H25NO/c1-3-13-5-4-8-17(10-13)11-15(18)14-9-12(2)6-7-16(14)19-17/h6-7,9,13,15H,3-5,8,10-11,18H2,1-2H3/t13?,15-,17?/m1/s1. The first-order valence-electron chi connectivity index (χ1n) is 7.67. The van der Waals surface area contributed by atoms with Crippen LogP contribution in [0.1, 0.15) is 62.6 Å². The zero-order chi connectivity index (χ0) is 13.5. The van der Waals surface area contributed by atoms with Gasteiger partial charge in [-0.1, -0.05) is 37.5 Å². The number of rotatable bonds is 1. The zero-order valence-corrected chi connectivity index (χ0v) is 12.1. The number of ether oxygens (including phenoxy) is 1. The minimum absolute atomic E-state index is 0.0145. The van der Waals surface area contributed by atoms with Crippen LogP contribution in [0.15, 0.2) is 18.2 Å². The summed E-state index contributed by atoms with van der Waals surface area (Å²) >= 11 is 0. The molecule has 0 aromatic heterocycles. The lowest BCUT2D eigenvalue weighted by Crippen LogP contribution is -2.46. The molecule has 2 N–H and O–H groups in total. The van der Waals surface area contributed by atoms with E-state index in [4.69, 9.17) is 10.5 Å². The predicted octanol–water partition coefficient (Wildman–Crippen LogP) is 4.12. The van der Waals surface area contributed by atoms with Gasteiger partial charge in [-0.05, 0) is 38.2 Å². The van der Waals surface area contributed by atoms with Gasteiger partial charge in [-0.3, -0.25) is 0 Å². The summed E-state index contributed by atoms with van der Waals surface area (Å²) in [7, 11) is 0. The van der Waals surface area contributed by atoms with Crippen LogP contribution in [0, 0.1) is 12.8 Å². The van der Waals surface area contributed by atoms with Crippen LogP contribution in [0.4, 0.5) is 0 Å². The monoisotopic (exact) mass is 259 g/mol. The maximum absolute atomic E-state index is 6.44. The van der Waals surface area contributed by atoms with Gasteiger partial charge < -0.3 is 10.5 Å². The van der Waals surface area contributed by atoms with E-state index in [2.05, 4.69) is 32.0 Å². The third-order valence-corrected chi connectivity index (χ3v) is 4.97. The van der Waals surface area contributed by atoms with E-state index in [1.165, 1.54) is 43.2 Å². The Morgan fingerprint density at radius 2 is 2.21 bits per heavy atom. The van der Waals surface area contributed by atoms with Gasteiger partial charge in [-0.15, -0.1) is 0 Å². The Morgan fingerprint density at radius 3 is 3.00 bits per heavy atom. The molecule has 104 valence electrons. The molecule has 1 fully saturated rings. The number of hydrogen-bond acceptors (Lipinski definition) is 2. The molecule has 0 bridgehead atoms.